The largest absolute Gasteiger partial charge is 0.444 e. The minimum atomic E-state index is -4.45. The number of alkyl halides is 3. The number of benzene rings is 2. The third kappa shape index (κ3) is 15.4. The van der Waals surface area contributed by atoms with Gasteiger partial charge in [-0.15, -0.1) is 0 Å². The van der Waals surface area contributed by atoms with Gasteiger partial charge in [0.25, 0.3) is 5.91 Å². The van der Waals surface area contributed by atoms with E-state index >= 15 is 0 Å². The van der Waals surface area contributed by atoms with Crippen LogP contribution >= 0.6 is 0 Å². The van der Waals surface area contributed by atoms with Crippen molar-refractivity contribution in [3.63, 3.8) is 0 Å². The van der Waals surface area contributed by atoms with Gasteiger partial charge in [0.15, 0.2) is 0 Å². The molecule has 0 aliphatic heterocycles. The molecule has 0 fully saturated rings. The van der Waals surface area contributed by atoms with Crippen LogP contribution in [0, 0.1) is 5.41 Å². The number of amidine groups is 1. The molecule has 2 aromatic rings. The quantitative estimate of drug-likeness (QED) is 0.0392. The Labute approximate surface area is 266 Å². The van der Waals surface area contributed by atoms with Gasteiger partial charge in [-0.2, -0.15) is 13.2 Å². The fourth-order valence-corrected chi connectivity index (χ4v) is 3.64. The van der Waals surface area contributed by atoms with E-state index in [4.69, 9.17) is 24.4 Å². The Morgan fingerprint density at radius 3 is 1.96 bits per heavy atom. The molecule has 7 N–H and O–H groups in total. The predicted molar refractivity (Wildman–Crippen MR) is 167 cm³/mol. The van der Waals surface area contributed by atoms with Crippen molar-refractivity contribution in [2.24, 2.45) is 0 Å². The maximum absolute atomic E-state index is 12.9. The zero-order valence-electron chi connectivity index (χ0n) is 26.5. The molecule has 0 radical (unpaired) electrons. The molecule has 0 unspecified atom stereocenters. The van der Waals surface area contributed by atoms with Gasteiger partial charge < -0.3 is 40.2 Å². The van der Waals surface area contributed by atoms with Crippen molar-refractivity contribution >= 4 is 29.2 Å². The summed E-state index contributed by atoms with van der Waals surface area (Å²) in [7, 11) is 1.67. The normalized spacial score (nSPS) is 11.5. The second-order valence-corrected chi connectivity index (χ2v) is 10.6. The van der Waals surface area contributed by atoms with E-state index in [0.29, 0.717) is 56.5 Å². The zero-order valence-corrected chi connectivity index (χ0v) is 26.5. The number of rotatable bonds is 19. The van der Waals surface area contributed by atoms with E-state index in [2.05, 4.69) is 32.1 Å². The lowest BCUT2D eigenvalue weighted by Gasteiger charge is -2.19. The van der Waals surface area contributed by atoms with Gasteiger partial charge >= 0.3 is 12.3 Å². The van der Waals surface area contributed by atoms with Crippen LogP contribution in [0.25, 0.3) is 0 Å². The van der Waals surface area contributed by atoms with Crippen LogP contribution in [0.4, 0.5) is 29.3 Å². The zero-order chi connectivity index (χ0) is 34.0. The van der Waals surface area contributed by atoms with Gasteiger partial charge in [-0.25, -0.2) is 10.2 Å². The maximum Gasteiger partial charge on any atom is 0.416 e. The molecule has 0 bridgehead atoms. The Kier molecular flexibility index (Phi) is 16.2. The van der Waals surface area contributed by atoms with Gasteiger partial charge in [0.1, 0.15) is 11.4 Å². The molecule has 0 aromatic heterocycles. The van der Waals surface area contributed by atoms with E-state index in [0.717, 1.165) is 12.1 Å². The second-order valence-electron chi connectivity index (χ2n) is 10.6. The standard InChI is InChI=1S/C30H44F3N7O6/c1-29(2,3)46-28(42)37-12-14-44-16-18-45-17-15-43-13-11-36-27(41)21-5-10-25(24(19-21)26(34)38-20-39-35-4)40-23-8-6-22(7-9-23)30(31,32)33/h5-10,19,35,39-40H,11-18,20H2,1-4H3,(H2,34,38)(H,36,41)(H,37,42). The molecule has 0 saturated carbocycles. The minimum absolute atomic E-state index is 0.0157. The molecule has 0 aliphatic rings. The number of halogens is 3. The fourth-order valence-electron chi connectivity index (χ4n) is 3.64. The summed E-state index contributed by atoms with van der Waals surface area (Å²) in [5, 5.41) is 19.7. The highest BCUT2D eigenvalue weighted by Gasteiger charge is 2.30. The van der Waals surface area contributed by atoms with Crippen LogP contribution < -0.4 is 32.1 Å². The molecule has 256 valence electrons. The van der Waals surface area contributed by atoms with Gasteiger partial charge in [-0.1, -0.05) is 0 Å². The first-order valence-electron chi connectivity index (χ1n) is 14.6. The molecular formula is C30H44F3N7O6. The van der Waals surface area contributed by atoms with Crippen molar-refractivity contribution < 1.29 is 41.7 Å². The molecule has 0 aliphatic carbocycles. The van der Waals surface area contributed by atoms with Crippen molar-refractivity contribution in [2.75, 3.05) is 71.8 Å². The smallest absolute Gasteiger partial charge is 0.416 e. The number of hydrazine groups is 1. The monoisotopic (exact) mass is 655 g/mol. The summed E-state index contributed by atoms with van der Waals surface area (Å²) in [5.41, 5.74) is 5.61. The Morgan fingerprint density at radius 1 is 0.804 bits per heavy atom. The lowest BCUT2D eigenvalue weighted by molar-refractivity contribution is -0.137. The van der Waals surface area contributed by atoms with E-state index in [1.807, 2.05) is 0 Å². The number of anilines is 2. The number of nitrogens with one attached hydrogen (secondary N) is 7. The van der Waals surface area contributed by atoms with Crippen LogP contribution in [0.5, 0.6) is 0 Å². The highest BCUT2D eigenvalue weighted by molar-refractivity contribution is 6.05. The molecular weight excluding hydrogens is 611 g/mol. The van der Waals surface area contributed by atoms with Gasteiger partial charge in [-0.3, -0.25) is 15.6 Å². The third-order valence-electron chi connectivity index (χ3n) is 5.76. The van der Waals surface area contributed by atoms with Gasteiger partial charge in [0, 0.05) is 35.6 Å². The van der Waals surface area contributed by atoms with Crippen LogP contribution in [-0.2, 0) is 25.1 Å². The Balaban J connectivity index is 1.74. The average molecular weight is 656 g/mol. The molecule has 0 spiro atoms. The number of carbonyl (C=O) groups is 2. The van der Waals surface area contributed by atoms with Gasteiger partial charge in [0.05, 0.1) is 51.9 Å². The minimum Gasteiger partial charge on any atom is -0.444 e. The molecule has 16 heteroatoms. The molecule has 0 heterocycles. The first-order valence-corrected chi connectivity index (χ1v) is 14.6. The molecule has 2 aromatic carbocycles. The van der Waals surface area contributed by atoms with E-state index in [-0.39, 0.29) is 37.1 Å². The highest BCUT2D eigenvalue weighted by Crippen LogP contribution is 2.31. The van der Waals surface area contributed by atoms with Crippen molar-refractivity contribution in [1.82, 2.24) is 26.8 Å². The summed E-state index contributed by atoms with van der Waals surface area (Å²) in [6.07, 6.45) is -4.95. The molecule has 2 amide bonds. The summed E-state index contributed by atoms with van der Waals surface area (Å²) in [4.78, 5) is 24.3. The van der Waals surface area contributed by atoms with Crippen LogP contribution in [-0.4, -0.2) is 89.9 Å². The lowest BCUT2D eigenvalue weighted by atomic mass is 10.1. The van der Waals surface area contributed by atoms with E-state index in [1.165, 1.54) is 18.2 Å². The maximum atomic E-state index is 12.9. The van der Waals surface area contributed by atoms with Crippen molar-refractivity contribution in [2.45, 2.75) is 32.5 Å². The Morgan fingerprint density at radius 2 is 1.39 bits per heavy atom. The van der Waals surface area contributed by atoms with Crippen LogP contribution in [0.3, 0.4) is 0 Å². The molecule has 46 heavy (non-hydrogen) atoms. The first-order chi connectivity index (χ1) is 21.8. The summed E-state index contributed by atoms with van der Waals surface area (Å²) >= 11 is 0. The lowest BCUT2D eigenvalue weighted by Crippen LogP contribution is -2.40. The Hall–Kier alpha value is -3.96. The van der Waals surface area contributed by atoms with E-state index in [9.17, 15) is 22.8 Å². The number of amides is 2. The summed E-state index contributed by atoms with van der Waals surface area (Å²) in [6.45, 7) is 8.03. The molecule has 0 atom stereocenters. The van der Waals surface area contributed by atoms with E-state index in [1.54, 1.807) is 40.0 Å². The van der Waals surface area contributed by atoms with Crippen molar-refractivity contribution in [3.05, 3.63) is 59.2 Å². The number of ether oxygens (including phenoxy) is 4. The van der Waals surface area contributed by atoms with Crippen molar-refractivity contribution in [3.8, 4) is 0 Å². The molecule has 2 rings (SSSR count). The topological polar surface area (TPSA) is 167 Å². The van der Waals surface area contributed by atoms with Crippen LogP contribution in [0.2, 0.25) is 0 Å². The Bertz CT molecular complexity index is 1240. The summed E-state index contributed by atoms with van der Waals surface area (Å²) in [6, 6.07) is 9.16. The summed E-state index contributed by atoms with van der Waals surface area (Å²) in [5.74, 6) is -0.403. The van der Waals surface area contributed by atoms with Crippen LogP contribution in [0.1, 0.15) is 42.3 Å². The number of hydrogen-bond acceptors (Lipinski definition) is 10. The van der Waals surface area contributed by atoms with Gasteiger partial charge in [-0.05, 0) is 70.3 Å². The molecule has 13 nitrogen and oxygen atoms in total. The number of carbonyl (C=O) groups excluding carboxylic acids is 2. The van der Waals surface area contributed by atoms with Crippen molar-refractivity contribution in [1.29, 1.82) is 5.41 Å². The van der Waals surface area contributed by atoms with Crippen LogP contribution in [0.15, 0.2) is 42.5 Å². The molecule has 0 saturated heterocycles. The van der Waals surface area contributed by atoms with Gasteiger partial charge in [0.2, 0.25) is 0 Å². The predicted octanol–water partition coefficient (Wildman–Crippen LogP) is 3.35. The summed E-state index contributed by atoms with van der Waals surface area (Å²) < 4.78 is 60.2. The second kappa shape index (κ2) is 19.5. The number of hydrogen-bond donors (Lipinski definition) is 7. The third-order valence-corrected chi connectivity index (χ3v) is 5.76. The average Bonchev–Trinajstić information content (AvgIpc) is 2.98. The van der Waals surface area contributed by atoms with E-state index < -0.39 is 23.4 Å². The SMILES string of the molecule is CNNCNC(=N)c1cc(C(=O)NCCOCCOCCOCCNC(=O)OC(C)(C)C)ccc1Nc1ccc(C(F)(F)F)cc1. The number of alkyl carbamates (subject to hydrolysis) is 1. The fraction of sp³-hybridized carbons (Fsp3) is 0.500. The highest BCUT2D eigenvalue weighted by atomic mass is 19.4. The first kappa shape index (κ1) is 38.2.